The van der Waals surface area contributed by atoms with Crippen LogP contribution in [0, 0.1) is 6.07 Å². The average Bonchev–Trinajstić information content (AvgIpc) is 2.59. The summed E-state index contributed by atoms with van der Waals surface area (Å²) in [7, 11) is 0. The Kier molecular flexibility index (Phi) is 1.86. The number of pyridine rings is 1. The van der Waals surface area contributed by atoms with Crippen LogP contribution < -0.4 is 0 Å². The Morgan fingerprint density at radius 3 is 3.08 bits per heavy atom. The zero-order valence-electron chi connectivity index (χ0n) is 6.51. The van der Waals surface area contributed by atoms with E-state index in [0.717, 1.165) is 12.2 Å². The van der Waals surface area contributed by atoms with E-state index >= 15 is 0 Å². The van der Waals surface area contributed by atoms with Crippen molar-refractivity contribution in [3.8, 4) is 0 Å². The fourth-order valence-electron chi connectivity index (χ4n) is 0.997. The molecule has 0 amide bonds. The summed E-state index contributed by atoms with van der Waals surface area (Å²) < 4.78 is 1.96. The standard InChI is InChI=1S/C9H8N3/c1-2-4-11-9(3-1)7-12-6-5-10-8-12/h1-2,4-6,8H,7H2. The van der Waals surface area contributed by atoms with Crippen LogP contribution in [0.5, 0.6) is 0 Å². The summed E-state index contributed by atoms with van der Waals surface area (Å²) in [5.74, 6) is 0. The van der Waals surface area contributed by atoms with Gasteiger partial charge in [0.1, 0.15) is 0 Å². The summed E-state index contributed by atoms with van der Waals surface area (Å²) in [5, 5.41) is 0. The van der Waals surface area contributed by atoms with Crippen LogP contribution in [-0.2, 0) is 6.54 Å². The highest BCUT2D eigenvalue weighted by atomic mass is 15.0. The summed E-state index contributed by atoms with van der Waals surface area (Å²) in [5.41, 5.74) is 0.926. The number of imidazole rings is 1. The highest BCUT2D eigenvalue weighted by molar-refractivity contribution is 5.02. The van der Waals surface area contributed by atoms with Crippen molar-refractivity contribution < 1.29 is 0 Å². The molecule has 0 aliphatic rings. The monoisotopic (exact) mass is 158 g/mol. The van der Waals surface area contributed by atoms with Crippen LogP contribution in [0.15, 0.2) is 37.1 Å². The molecule has 2 rings (SSSR count). The first-order valence-electron chi connectivity index (χ1n) is 3.72. The van der Waals surface area contributed by atoms with Crippen LogP contribution >= 0.6 is 0 Å². The minimum atomic E-state index is 0.737. The molecule has 2 aromatic rings. The molecule has 2 heterocycles. The van der Waals surface area contributed by atoms with Crippen LogP contribution in [0.3, 0.4) is 0 Å². The maximum Gasteiger partial charge on any atom is 0.0949 e. The largest absolute Gasteiger partial charge is 0.331 e. The molecule has 0 unspecified atom stereocenters. The Morgan fingerprint density at radius 1 is 1.42 bits per heavy atom. The molecule has 3 nitrogen and oxygen atoms in total. The second-order valence-corrected chi connectivity index (χ2v) is 2.46. The summed E-state index contributed by atoms with van der Waals surface area (Å²) in [6.07, 6.45) is 7.19. The lowest BCUT2D eigenvalue weighted by molar-refractivity contribution is 0.772. The second-order valence-electron chi connectivity index (χ2n) is 2.46. The van der Waals surface area contributed by atoms with Gasteiger partial charge in [-0.2, -0.15) is 0 Å². The molecule has 0 aliphatic carbocycles. The van der Waals surface area contributed by atoms with E-state index in [1.165, 1.54) is 0 Å². The van der Waals surface area contributed by atoms with E-state index in [1.807, 2.05) is 22.9 Å². The molecule has 0 atom stereocenters. The maximum absolute atomic E-state index is 4.15. The Morgan fingerprint density at radius 2 is 2.42 bits per heavy atom. The highest BCUT2D eigenvalue weighted by Gasteiger charge is 1.93. The normalized spacial score (nSPS) is 10.0. The fraction of sp³-hybridized carbons (Fsp3) is 0.111. The van der Waals surface area contributed by atoms with Crippen LogP contribution in [0.25, 0.3) is 0 Å². The van der Waals surface area contributed by atoms with Gasteiger partial charge >= 0.3 is 0 Å². The molecule has 3 heteroatoms. The molecule has 0 saturated carbocycles. The predicted molar refractivity (Wildman–Crippen MR) is 44.4 cm³/mol. The van der Waals surface area contributed by atoms with E-state index in [0.29, 0.717) is 0 Å². The van der Waals surface area contributed by atoms with Gasteiger partial charge in [0, 0.05) is 24.7 Å². The number of nitrogens with zero attached hydrogens (tertiary/aromatic N) is 3. The molecular formula is C9H8N3. The van der Waals surface area contributed by atoms with Gasteiger partial charge in [0.15, 0.2) is 0 Å². The van der Waals surface area contributed by atoms with Gasteiger partial charge in [-0.1, -0.05) is 6.07 Å². The lowest BCUT2D eigenvalue weighted by Gasteiger charge is -1.98. The molecule has 59 valence electrons. The minimum Gasteiger partial charge on any atom is -0.331 e. The lowest BCUT2D eigenvalue weighted by atomic mass is 10.3. The van der Waals surface area contributed by atoms with E-state index in [2.05, 4.69) is 16.0 Å². The molecule has 12 heavy (non-hydrogen) atoms. The first kappa shape index (κ1) is 7.03. The van der Waals surface area contributed by atoms with E-state index in [4.69, 9.17) is 0 Å². The van der Waals surface area contributed by atoms with Crippen molar-refractivity contribution in [1.29, 1.82) is 0 Å². The Hall–Kier alpha value is -1.64. The first-order valence-corrected chi connectivity index (χ1v) is 3.72. The molecule has 0 fully saturated rings. The molecular weight excluding hydrogens is 150 g/mol. The summed E-state index contributed by atoms with van der Waals surface area (Å²) >= 11 is 0. The third-order valence-electron chi connectivity index (χ3n) is 1.55. The molecule has 1 radical (unpaired) electrons. The lowest BCUT2D eigenvalue weighted by Crippen LogP contribution is -1.98. The van der Waals surface area contributed by atoms with E-state index < -0.39 is 0 Å². The second kappa shape index (κ2) is 3.17. The molecule has 2 aromatic heterocycles. The molecule has 0 spiro atoms. The molecule has 0 aliphatic heterocycles. The van der Waals surface area contributed by atoms with E-state index in [-0.39, 0.29) is 0 Å². The fourth-order valence-corrected chi connectivity index (χ4v) is 0.997. The third kappa shape index (κ3) is 1.50. The highest BCUT2D eigenvalue weighted by Crippen LogP contribution is 1.96. The summed E-state index contributed by atoms with van der Waals surface area (Å²) in [6, 6.07) is 6.77. The van der Waals surface area contributed by atoms with E-state index in [9.17, 15) is 0 Å². The summed E-state index contributed by atoms with van der Waals surface area (Å²) in [4.78, 5) is 8.09. The van der Waals surface area contributed by atoms with Crippen LogP contribution in [0.2, 0.25) is 0 Å². The molecule has 0 bridgehead atoms. The molecule has 0 saturated heterocycles. The number of hydrogen-bond donors (Lipinski definition) is 0. The van der Waals surface area contributed by atoms with Crippen molar-refractivity contribution in [2.45, 2.75) is 6.54 Å². The van der Waals surface area contributed by atoms with Crippen LogP contribution in [0.1, 0.15) is 5.69 Å². The Bertz CT molecular complexity index is 326. The summed E-state index contributed by atoms with van der Waals surface area (Å²) in [6.45, 7) is 0.737. The van der Waals surface area contributed by atoms with Gasteiger partial charge in [-0.05, 0) is 6.07 Å². The number of aromatic nitrogens is 3. The molecule has 0 aromatic carbocycles. The zero-order valence-corrected chi connectivity index (χ0v) is 6.51. The third-order valence-corrected chi connectivity index (χ3v) is 1.55. The Labute approximate surface area is 70.7 Å². The van der Waals surface area contributed by atoms with Gasteiger partial charge in [-0.3, -0.25) is 4.98 Å². The van der Waals surface area contributed by atoms with Crippen molar-refractivity contribution in [2.24, 2.45) is 0 Å². The maximum atomic E-state index is 4.15. The van der Waals surface area contributed by atoms with Gasteiger partial charge < -0.3 is 4.57 Å². The van der Waals surface area contributed by atoms with Gasteiger partial charge in [-0.25, -0.2) is 4.98 Å². The number of rotatable bonds is 2. The quantitative estimate of drug-likeness (QED) is 0.655. The smallest absolute Gasteiger partial charge is 0.0949 e. The van der Waals surface area contributed by atoms with Crippen molar-refractivity contribution in [3.63, 3.8) is 0 Å². The molecule has 0 N–H and O–H groups in total. The van der Waals surface area contributed by atoms with Gasteiger partial charge in [0.2, 0.25) is 0 Å². The van der Waals surface area contributed by atoms with Crippen molar-refractivity contribution >= 4 is 0 Å². The number of hydrogen-bond acceptors (Lipinski definition) is 2. The van der Waals surface area contributed by atoms with Crippen molar-refractivity contribution in [3.05, 3.63) is 48.8 Å². The van der Waals surface area contributed by atoms with Crippen LogP contribution in [0.4, 0.5) is 0 Å². The van der Waals surface area contributed by atoms with Gasteiger partial charge in [0.05, 0.1) is 18.6 Å². The Balaban J connectivity index is 2.15. The van der Waals surface area contributed by atoms with Gasteiger partial charge in [-0.15, -0.1) is 0 Å². The van der Waals surface area contributed by atoms with Gasteiger partial charge in [0.25, 0.3) is 0 Å². The predicted octanol–water partition coefficient (Wildman–Crippen LogP) is 1.13. The first-order chi connectivity index (χ1) is 5.95. The van der Waals surface area contributed by atoms with Crippen molar-refractivity contribution in [2.75, 3.05) is 0 Å². The zero-order chi connectivity index (χ0) is 8.23. The average molecular weight is 158 g/mol. The minimum absolute atomic E-state index is 0.737. The SMILES string of the molecule is [c]1cccnc1Cn1ccnc1. The van der Waals surface area contributed by atoms with Crippen molar-refractivity contribution in [1.82, 2.24) is 14.5 Å². The van der Waals surface area contributed by atoms with E-state index in [1.54, 1.807) is 18.7 Å². The van der Waals surface area contributed by atoms with Crippen LogP contribution in [-0.4, -0.2) is 14.5 Å². The topological polar surface area (TPSA) is 30.7 Å².